The lowest BCUT2D eigenvalue weighted by Crippen LogP contribution is -2.57. The average molecular weight is 661 g/mol. The normalized spacial score (nSPS) is 19.9. The molecule has 3 aromatic rings. The molecule has 6 nitrogen and oxygen atoms in total. The lowest BCUT2D eigenvalue weighted by molar-refractivity contribution is -0.143. The number of hydrogen-bond acceptors (Lipinski definition) is 4. The fraction of sp³-hybridized carbons (Fsp3) is 0.429. The Kier molecular flexibility index (Phi) is 10.3. The quantitative estimate of drug-likeness (QED) is 0.283. The van der Waals surface area contributed by atoms with Gasteiger partial charge >= 0.3 is 12.4 Å². The maximum Gasteiger partial charge on any atom is 0.416 e. The summed E-state index contributed by atoms with van der Waals surface area (Å²) in [6, 6.07) is 15.9. The predicted molar refractivity (Wildman–Crippen MR) is 167 cm³/mol. The summed E-state index contributed by atoms with van der Waals surface area (Å²) in [5, 5.41) is 2.97. The minimum atomic E-state index is -5.05. The van der Waals surface area contributed by atoms with E-state index in [2.05, 4.69) is 15.1 Å². The van der Waals surface area contributed by atoms with Gasteiger partial charge < -0.3 is 10.2 Å². The van der Waals surface area contributed by atoms with Gasteiger partial charge in [-0.15, -0.1) is 0 Å². The Bertz CT molecular complexity index is 1520. The molecule has 2 amide bonds. The number of alkyl halides is 6. The fourth-order valence-electron chi connectivity index (χ4n) is 6.69. The van der Waals surface area contributed by atoms with Crippen molar-refractivity contribution >= 4 is 17.5 Å². The highest BCUT2D eigenvalue weighted by Crippen LogP contribution is 2.37. The molecular weight excluding hydrogens is 622 g/mol. The maximum atomic E-state index is 13.7. The summed E-state index contributed by atoms with van der Waals surface area (Å²) in [6.07, 6.45) is -8.65. The molecule has 2 fully saturated rings. The van der Waals surface area contributed by atoms with Gasteiger partial charge in [-0.25, -0.2) is 0 Å². The summed E-state index contributed by atoms with van der Waals surface area (Å²) in [5.74, 6) is -0.943. The number of anilines is 1. The second-order valence-electron chi connectivity index (χ2n) is 12.6. The minimum absolute atomic E-state index is 0.0390. The standard InChI is InChI=1S/C35H38F6N4O2/c1-23-14-24(2)16-29(15-23)42-32(46)22-43-10-12-44(13-11-43)30-8-9-45(31(21-30)17-25-6-4-3-5-7-25)33(47)26-18-27(34(36,37)38)20-28(19-26)35(39,40)41/h3-7,14-16,18-20,30-31H,8-13,17,21-22H2,1-2H3,(H,42,46). The SMILES string of the molecule is Cc1cc(C)cc(NC(=O)CN2CCN(C3CCN(C(=O)c4cc(C(F)(F)F)cc(C(F)(F)F)c4)C(Cc4ccccc4)C3)CC2)c1. The zero-order valence-corrected chi connectivity index (χ0v) is 26.3. The van der Waals surface area contributed by atoms with Crippen molar-refractivity contribution in [2.75, 3.05) is 44.6 Å². The van der Waals surface area contributed by atoms with Crippen molar-refractivity contribution in [3.05, 3.63) is 100 Å². The number of carbonyl (C=O) groups excluding carboxylic acids is 2. The molecule has 2 aliphatic heterocycles. The van der Waals surface area contributed by atoms with Gasteiger partial charge in [-0.1, -0.05) is 36.4 Å². The molecule has 2 unspecified atom stereocenters. The number of benzene rings is 3. The third-order valence-electron chi connectivity index (χ3n) is 8.89. The topological polar surface area (TPSA) is 55.9 Å². The molecule has 12 heteroatoms. The van der Waals surface area contributed by atoms with Crippen molar-refractivity contribution in [3.8, 4) is 0 Å². The summed E-state index contributed by atoms with van der Waals surface area (Å²) in [7, 11) is 0. The molecule has 0 aromatic heterocycles. The molecule has 3 aromatic carbocycles. The summed E-state index contributed by atoms with van der Waals surface area (Å²) in [6.45, 7) is 7.09. The first-order valence-corrected chi connectivity index (χ1v) is 15.6. The lowest BCUT2D eigenvalue weighted by Gasteiger charge is -2.46. The largest absolute Gasteiger partial charge is 0.416 e. The molecule has 2 heterocycles. The molecule has 252 valence electrons. The molecule has 0 spiro atoms. The van der Waals surface area contributed by atoms with E-state index in [9.17, 15) is 35.9 Å². The molecule has 0 aliphatic carbocycles. The highest BCUT2D eigenvalue weighted by Gasteiger charge is 2.40. The Balaban J connectivity index is 1.27. The van der Waals surface area contributed by atoms with E-state index in [-0.39, 0.29) is 31.1 Å². The zero-order valence-electron chi connectivity index (χ0n) is 26.3. The second-order valence-corrected chi connectivity index (χ2v) is 12.6. The monoisotopic (exact) mass is 660 g/mol. The van der Waals surface area contributed by atoms with E-state index >= 15 is 0 Å². The van der Waals surface area contributed by atoms with Gasteiger partial charge in [0.2, 0.25) is 5.91 Å². The number of nitrogens with one attached hydrogen (secondary N) is 1. The van der Waals surface area contributed by atoms with Crippen LogP contribution < -0.4 is 5.32 Å². The Morgan fingerprint density at radius 1 is 0.787 bits per heavy atom. The first-order chi connectivity index (χ1) is 22.2. The van der Waals surface area contributed by atoms with Crippen molar-refractivity contribution in [3.63, 3.8) is 0 Å². The smallest absolute Gasteiger partial charge is 0.335 e. The minimum Gasteiger partial charge on any atom is -0.335 e. The van der Waals surface area contributed by atoms with Gasteiger partial charge in [-0.05, 0) is 80.1 Å². The van der Waals surface area contributed by atoms with E-state index in [1.54, 1.807) is 0 Å². The molecule has 0 bridgehead atoms. The van der Waals surface area contributed by atoms with Crippen molar-refractivity contribution in [1.29, 1.82) is 0 Å². The van der Waals surface area contributed by atoms with Crippen molar-refractivity contribution < 1.29 is 35.9 Å². The number of piperidine rings is 1. The Hall–Kier alpha value is -3.90. The second kappa shape index (κ2) is 14.1. The van der Waals surface area contributed by atoms with Crippen molar-refractivity contribution in [2.45, 2.75) is 57.5 Å². The molecule has 5 rings (SSSR count). The van der Waals surface area contributed by atoms with Gasteiger partial charge in [0.15, 0.2) is 0 Å². The van der Waals surface area contributed by atoms with Gasteiger partial charge in [-0.2, -0.15) is 26.3 Å². The van der Waals surface area contributed by atoms with Crippen LogP contribution in [0.4, 0.5) is 32.0 Å². The average Bonchev–Trinajstić information content (AvgIpc) is 3.00. The number of piperazine rings is 1. The van der Waals surface area contributed by atoms with Crippen LogP contribution in [0.3, 0.4) is 0 Å². The van der Waals surface area contributed by atoms with E-state index in [0.29, 0.717) is 57.6 Å². The number of aryl methyl sites for hydroxylation is 2. The van der Waals surface area contributed by atoms with Gasteiger partial charge in [0.05, 0.1) is 17.7 Å². The van der Waals surface area contributed by atoms with Crippen LogP contribution in [0.25, 0.3) is 0 Å². The molecule has 0 saturated carbocycles. The van der Waals surface area contributed by atoms with E-state index in [4.69, 9.17) is 0 Å². The molecule has 2 atom stereocenters. The zero-order chi connectivity index (χ0) is 33.9. The molecule has 47 heavy (non-hydrogen) atoms. The van der Waals surface area contributed by atoms with Crippen molar-refractivity contribution in [1.82, 2.24) is 14.7 Å². The number of carbonyl (C=O) groups is 2. The van der Waals surface area contributed by atoms with E-state index in [1.807, 2.05) is 62.4 Å². The van der Waals surface area contributed by atoms with E-state index in [0.717, 1.165) is 22.4 Å². The van der Waals surface area contributed by atoms with Crippen LogP contribution in [-0.4, -0.2) is 77.9 Å². The Labute approximate surface area is 270 Å². The number of rotatable bonds is 7. The summed E-state index contributed by atoms with van der Waals surface area (Å²) < 4.78 is 81.4. The first kappa shape index (κ1) is 34.4. The van der Waals surface area contributed by atoms with E-state index < -0.39 is 41.0 Å². The Morgan fingerprint density at radius 2 is 1.38 bits per heavy atom. The number of likely N-dealkylation sites (tertiary alicyclic amines) is 1. The number of halogens is 6. The third kappa shape index (κ3) is 8.92. The molecule has 1 N–H and O–H groups in total. The number of amides is 2. The lowest BCUT2D eigenvalue weighted by atomic mass is 9.90. The van der Waals surface area contributed by atoms with Gasteiger partial charge in [0, 0.05) is 56.1 Å². The highest BCUT2D eigenvalue weighted by molar-refractivity contribution is 5.95. The predicted octanol–water partition coefficient (Wildman–Crippen LogP) is 6.81. The van der Waals surface area contributed by atoms with Crippen molar-refractivity contribution in [2.24, 2.45) is 0 Å². The van der Waals surface area contributed by atoms with E-state index in [1.165, 1.54) is 4.90 Å². The number of nitrogens with zero attached hydrogens (tertiary/aromatic N) is 3. The van der Waals surface area contributed by atoms with Crippen LogP contribution in [0.5, 0.6) is 0 Å². The summed E-state index contributed by atoms with van der Waals surface area (Å²) in [5.41, 5.74) is 0.154. The third-order valence-corrected chi connectivity index (χ3v) is 8.89. The van der Waals surface area contributed by atoms with Crippen LogP contribution in [0.15, 0.2) is 66.7 Å². The van der Waals surface area contributed by atoms with Crippen LogP contribution in [0.1, 0.15) is 51.0 Å². The summed E-state index contributed by atoms with van der Waals surface area (Å²) >= 11 is 0. The maximum absolute atomic E-state index is 13.7. The Morgan fingerprint density at radius 3 is 1.96 bits per heavy atom. The van der Waals surface area contributed by atoms with Crippen LogP contribution in [0, 0.1) is 13.8 Å². The molecule has 2 saturated heterocycles. The first-order valence-electron chi connectivity index (χ1n) is 15.6. The van der Waals surface area contributed by atoms with Crippen LogP contribution in [0.2, 0.25) is 0 Å². The van der Waals surface area contributed by atoms with Gasteiger partial charge in [0.25, 0.3) is 5.91 Å². The van der Waals surface area contributed by atoms with Crippen LogP contribution in [-0.2, 0) is 23.6 Å². The molecule has 2 aliphatic rings. The molecular formula is C35H38F6N4O2. The van der Waals surface area contributed by atoms with Gasteiger partial charge in [0.1, 0.15) is 0 Å². The number of hydrogen-bond donors (Lipinski definition) is 1. The molecule has 0 radical (unpaired) electrons. The highest BCUT2D eigenvalue weighted by atomic mass is 19.4. The van der Waals surface area contributed by atoms with Gasteiger partial charge in [-0.3, -0.25) is 19.4 Å². The van der Waals surface area contributed by atoms with Crippen LogP contribution >= 0.6 is 0 Å². The summed E-state index contributed by atoms with van der Waals surface area (Å²) in [4.78, 5) is 32.3. The fourth-order valence-corrected chi connectivity index (χ4v) is 6.69.